The van der Waals surface area contributed by atoms with Gasteiger partial charge in [-0.2, -0.15) is 0 Å². The van der Waals surface area contributed by atoms with Crippen molar-refractivity contribution < 1.29 is 18.1 Å². The van der Waals surface area contributed by atoms with Gasteiger partial charge in [-0.15, -0.1) is 0 Å². The van der Waals surface area contributed by atoms with Gasteiger partial charge in [-0.3, -0.25) is 4.79 Å². The van der Waals surface area contributed by atoms with Crippen LogP contribution in [0.3, 0.4) is 0 Å². The topological polar surface area (TPSA) is 59.2 Å². The highest BCUT2D eigenvalue weighted by Gasteiger charge is 2.28. The van der Waals surface area contributed by atoms with E-state index in [9.17, 15) is 13.6 Å². The normalized spacial score (nSPS) is 17.2. The molecule has 0 spiro atoms. The molecule has 3 heterocycles. The average Bonchev–Trinajstić information content (AvgIpc) is 3.13. The van der Waals surface area contributed by atoms with Gasteiger partial charge in [0.1, 0.15) is 0 Å². The molecule has 0 aliphatic carbocycles. The number of alkyl halides is 2. The molecule has 0 bridgehead atoms. The van der Waals surface area contributed by atoms with Gasteiger partial charge >= 0.3 is 0 Å². The van der Waals surface area contributed by atoms with Crippen molar-refractivity contribution in [3.05, 3.63) is 58.9 Å². The molecule has 0 saturated carbocycles. The van der Waals surface area contributed by atoms with Crippen molar-refractivity contribution in [3.63, 3.8) is 0 Å². The van der Waals surface area contributed by atoms with E-state index in [4.69, 9.17) is 4.52 Å². The molecule has 1 fully saturated rings. The molecule has 3 aromatic rings. The van der Waals surface area contributed by atoms with Crippen LogP contribution in [0, 0.1) is 6.92 Å². The predicted octanol–water partition coefficient (Wildman–Crippen LogP) is 4.81. The largest absolute Gasteiger partial charge is 0.342 e. The van der Waals surface area contributed by atoms with E-state index in [0.29, 0.717) is 37.3 Å². The van der Waals surface area contributed by atoms with Crippen LogP contribution in [-0.2, 0) is 11.2 Å². The zero-order valence-corrected chi connectivity index (χ0v) is 16.3. The van der Waals surface area contributed by atoms with Crippen molar-refractivity contribution in [2.45, 2.75) is 45.0 Å². The Kier molecular flexibility index (Phi) is 5.56. The monoisotopic (exact) mass is 399 g/mol. The van der Waals surface area contributed by atoms with E-state index in [1.807, 2.05) is 35.2 Å². The molecule has 1 unspecified atom stereocenters. The smallest absolute Gasteiger partial charge is 0.264 e. The van der Waals surface area contributed by atoms with Crippen molar-refractivity contribution in [1.82, 2.24) is 15.0 Å². The summed E-state index contributed by atoms with van der Waals surface area (Å²) in [5.41, 5.74) is 2.13. The Morgan fingerprint density at radius 1 is 1.31 bits per heavy atom. The number of nitrogens with zero attached hydrogens (tertiary/aromatic N) is 3. The lowest BCUT2D eigenvalue weighted by molar-refractivity contribution is -0.132. The van der Waals surface area contributed by atoms with Gasteiger partial charge in [0, 0.05) is 36.7 Å². The maximum absolute atomic E-state index is 13.6. The van der Waals surface area contributed by atoms with Gasteiger partial charge in [0.2, 0.25) is 5.91 Å². The number of carbonyl (C=O) groups excluding carboxylic acids is 1. The van der Waals surface area contributed by atoms with Crippen LogP contribution in [0.5, 0.6) is 0 Å². The van der Waals surface area contributed by atoms with Crippen LogP contribution in [0.2, 0.25) is 0 Å². The molecule has 29 heavy (non-hydrogen) atoms. The summed E-state index contributed by atoms with van der Waals surface area (Å²) in [6, 6.07) is 11.4. The number of aromatic nitrogens is 2. The summed E-state index contributed by atoms with van der Waals surface area (Å²) in [6.07, 6.45) is 0.118. The predicted molar refractivity (Wildman–Crippen MR) is 105 cm³/mol. The molecule has 1 aromatic carbocycles. The van der Waals surface area contributed by atoms with E-state index in [-0.39, 0.29) is 28.5 Å². The van der Waals surface area contributed by atoms with E-state index in [0.717, 1.165) is 18.4 Å². The highest BCUT2D eigenvalue weighted by Crippen LogP contribution is 2.34. The molecule has 0 radical (unpaired) electrons. The zero-order chi connectivity index (χ0) is 20.4. The molecular formula is C22H23F2N3O2. The quantitative estimate of drug-likeness (QED) is 0.618. The minimum absolute atomic E-state index is 0.0864. The molecule has 1 aliphatic rings. The van der Waals surface area contributed by atoms with Crippen LogP contribution in [0.1, 0.15) is 54.1 Å². The molecule has 7 heteroatoms. The van der Waals surface area contributed by atoms with Crippen molar-refractivity contribution >= 4 is 17.0 Å². The van der Waals surface area contributed by atoms with Crippen molar-refractivity contribution in [2.24, 2.45) is 0 Å². The fourth-order valence-corrected chi connectivity index (χ4v) is 4.03. The summed E-state index contributed by atoms with van der Waals surface area (Å²) in [6.45, 7) is 2.81. The zero-order valence-electron chi connectivity index (χ0n) is 16.3. The van der Waals surface area contributed by atoms with E-state index >= 15 is 0 Å². The number of carbonyl (C=O) groups is 1. The Morgan fingerprint density at radius 2 is 2.10 bits per heavy atom. The molecule has 1 saturated heterocycles. The van der Waals surface area contributed by atoms with Crippen LogP contribution in [0.25, 0.3) is 11.1 Å². The lowest BCUT2D eigenvalue weighted by atomic mass is 9.92. The molecule has 1 aliphatic heterocycles. The number of hydrogen-bond acceptors (Lipinski definition) is 4. The molecule has 4 rings (SSSR count). The van der Waals surface area contributed by atoms with Crippen molar-refractivity contribution in [3.8, 4) is 0 Å². The first-order valence-corrected chi connectivity index (χ1v) is 9.89. The van der Waals surface area contributed by atoms with Gasteiger partial charge in [0.05, 0.1) is 11.1 Å². The van der Waals surface area contributed by atoms with Crippen molar-refractivity contribution in [1.29, 1.82) is 0 Å². The molecular weight excluding hydrogens is 376 g/mol. The van der Waals surface area contributed by atoms with Gasteiger partial charge < -0.3 is 9.42 Å². The fourth-order valence-electron chi connectivity index (χ4n) is 4.03. The number of halogens is 2. The summed E-state index contributed by atoms with van der Waals surface area (Å²) in [5.74, 6) is 0.000885. The fraction of sp³-hybridized carbons (Fsp3) is 0.409. The second kappa shape index (κ2) is 8.27. The molecule has 1 amide bonds. The first-order valence-electron chi connectivity index (χ1n) is 9.89. The van der Waals surface area contributed by atoms with Gasteiger partial charge in [-0.05, 0) is 37.8 Å². The first kappa shape index (κ1) is 19.5. The summed E-state index contributed by atoms with van der Waals surface area (Å²) in [7, 11) is 0. The van der Waals surface area contributed by atoms with Crippen molar-refractivity contribution in [2.75, 3.05) is 13.1 Å². The number of aryl methyl sites for hydroxylation is 2. The second-order valence-corrected chi connectivity index (χ2v) is 7.55. The van der Waals surface area contributed by atoms with Crippen LogP contribution < -0.4 is 0 Å². The minimum Gasteiger partial charge on any atom is -0.342 e. The molecule has 1 atom stereocenters. The standard InChI is InChI=1S/C22H23F2N3O2/c1-14-20-17(21(23)24)12-18(25-22(20)29-26-14)16-8-5-11-27(13-16)19(28)10-9-15-6-3-2-4-7-15/h2-4,6-7,12,16,21H,5,8-11,13H2,1H3. The number of likely N-dealkylation sites (tertiary alicyclic amines) is 1. The lowest BCUT2D eigenvalue weighted by Gasteiger charge is -2.32. The van der Waals surface area contributed by atoms with E-state index in [1.165, 1.54) is 6.07 Å². The Balaban J connectivity index is 1.50. The minimum atomic E-state index is -2.63. The summed E-state index contributed by atoms with van der Waals surface area (Å²) in [4.78, 5) is 19.0. The Morgan fingerprint density at radius 3 is 2.86 bits per heavy atom. The number of benzene rings is 1. The van der Waals surface area contributed by atoms with Crippen LogP contribution >= 0.6 is 0 Å². The van der Waals surface area contributed by atoms with E-state index in [2.05, 4.69) is 10.1 Å². The Bertz CT molecular complexity index is 1000. The van der Waals surface area contributed by atoms with Crippen LogP contribution in [-0.4, -0.2) is 34.0 Å². The highest BCUT2D eigenvalue weighted by molar-refractivity contribution is 5.80. The number of hydrogen-bond donors (Lipinski definition) is 0. The summed E-state index contributed by atoms with van der Waals surface area (Å²) in [5, 5.41) is 4.07. The van der Waals surface area contributed by atoms with E-state index < -0.39 is 6.43 Å². The Hall–Kier alpha value is -2.83. The van der Waals surface area contributed by atoms with Gasteiger partial charge in [-0.1, -0.05) is 35.5 Å². The summed E-state index contributed by atoms with van der Waals surface area (Å²) < 4.78 is 32.4. The molecule has 0 N–H and O–H groups in total. The average molecular weight is 399 g/mol. The van der Waals surface area contributed by atoms with Gasteiger partial charge in [-0.25, -0.2) is 13.8 Å². The molecule has 152 valence electrons. The highest BCUT2D eigenvalue weighted by atomic mass is 19.3. The van der Waals surface area contributed by atoms with Crippen LogP contribution in [0.15, 0.2) is 40.9 Å². The Labute approximate surface area is 167 Å². The van der Waals surface area contributed by atoms with Gasteiger partial charge in [0.15, 0.2) is 0 Å². The SMILES string of the molecule is Cc1noc2nc(C3CCCN(C(=O)CCc4ccccc4)C3)cc(C(F)F)c12. The third-order valence-electron chi connectivity index (χ3n) is 5.57. The van der Waals surface area contributed by atoms with Crippen LogP contribution in [0.4, 0.5) is 8.78 Å². The third kappa shape index (κ3) is 4.13. The maximum Gasteiger partial charge on any atom is 0.264 e. The number of pyridine rings is 1. The van der Waals surface area contributed by atoms with Gasteiger partial charge in [0.25, 0.3) is 12.1 Å². The first-order chi connectivity index (χ1) is 14.0. The maximum atomic E-state index is 13.6. The number of rotatable bonds is 5. The molecule has 5 nitrogen and oxygen atoms in total. The summed E-state index contributed by atoms with van der Waals surface area (Å²) >= 11 is 0. The number of fused-ring (bicyclic) bond motifs is 1. The number of amides is 1. The molecule has 2 aromatic heterocycles. The van der Waals surface area contributed by atoms with E-state index in [1.54, 1.807) is 6.92 Å². The third-order valence-corrected chi connectivity index (χ3v) is 5.57. The number of piperidine rings is 1. The lowest BCUT2D eigenvalue weighted by Crippen LogP contribution is -2.39. The second-order valence-electron chi connectivity index (χ2n) is 7.55.